The van der Waals surface area contributed by atoms with Gasteiger partial charge in [-0.05, 0) is 18.6 Å². The number of ether oxygens (including phenoxy) is 1. The Labute approximate surface area is 130 Å². The topological polar surface area (TPSA) is 98.8 Å². The quantitative estimate of drug-likeness (QED) is 0.365. The second-order valence-electron chi connectivity index (χ2n) is 5.11. The molecule has 6 nitrogen and oxygen atoms in total. The molecule has 0 aromatic heterocycles. The maximum atomic E-state index is 11.1. The molecule has 0 amide bonds. The number of allylic oxidation sites excluding steroid dienone is 2. The van der Waals surface area contributed by atoms with E-state index in [2.05, 4.69) is 11.8 Å². The number of nitrogens with two attached hydrogens (primary N) is 1. The molecule has 122 valence electrons. The molecule has 0 fully saturated rings. The zero-order chi connectivity index (χ0) is 16.4. The Morgan fingerprint density at radius 2 is 1.95 bits per heavy atom. The normalized spacial score (nSPS) is 17.5. The van der Waals surface area contributed by atoms with Crippen molar-refractivity contribution in [2.24, 2.45) is 5.90 Å². The predicted molar refractivity (Wildman–Crippen MR) is 81.4 cm³/mol. The van der Waals surface area contributed by atoms with Crippen molar-refractivity contribution in [3.05, 3.63) is 29.1 Å². The lowest BCUT2D eigenvalue weighted by atomic mass is 9.96. The minimum Gasteiger partial charge on any atom is -0.492 e. The van der Waals surface area contributed by atoms with Gasteiger partial charge in [0.2, 0.25) is 0 Å². The highest BCUT2D eigenvalue weighted by Gasteiger charge is 2.31. The summed E-state index contributed by atoms with van der Waals surface area (Å²) in [4.78, 5) is 26.7. The van der Waals surface area contributed by atoms with Gasteiger partial charge in [0.1, 0.15) is 23.4 Å². The molecule has 0 radical (unpaired) electrons. The lowest BCUT2D eigenvalue weighted by Crippen LogP contribution is -2.30. The van der Waals surface area contributed by atoms with Gasteiger partial charge in [0.05, 0.1) is 12.2 Å². The van der Waals surface area contributed by atoms with Gasteiger partial charge in [0, 0.05) is 0 Å². The van der Waals surface area contributed by atoms with Gasteiger partial charge in [-0.25, -0.2) is 15.5 Å². The molecule has 1 aliphatic rings. The van der Waals surface area contributed by atoms with Crippen LogP contribution < -0.4 is 5.90 Å². The Morgan fingerprint density at radius 3 is 2.55 bits per heavy atom. The molecule has 6 heteroatoms. The van der Waals surface area contributed by atoms with E-state index in [1.807, 2.05) is 0 Å². The maximum Gasteiger partial charge on any atom is 0.334 e. The Morgan fingerprint density at radius 1 is 1.27 bits per heavy atom. The van der Waals surface area contributed by atoms with E-state index in [1.54, 1.807) is 5.94 Å². The van der Waals surface area contributed by atoms with Crippen LogP contribution in [0.3, 0.4) is 0 Å². The fraction of sp³-hybridized carbons (Fsp3) is 0.562. The van der Waals surface area contributed by atoms with Crippen molar-refractivity contribution in [1.82, 2.24) is 0 Å². The zero-order valence-corrected chi connectivity index (χ0v) is 12.8. The first-order valence-corrected chi connectivity index (χ1v) is 7.54. The van der Waals surface area contributed by atoms with E-state index in [1.165, 1.54) is 31.4 Å². The first kappa shape index (κ1) is 18.2. The van der Waals surface area contributed by atoms with Gasteiger partial charge in [-0.15, -0.1) is 0 Å². The SMILES string of the molecule is CCCCCCCCOC1=CC=C(C(=O)O)C(ON)C1=C=O. The van der Waals surface area contributed by atoms with Gasteiger partial charge >= 0.3 is 5.97 Å². The number of aliphatic carboxylic acids is 1. The van der Waals surface area contributed by atoms with Gasteiger partial charge in [-0.3, -0.25) is 4.84 Å². The van der Waals surface area contributed by atoms with Crippen LogP contribution in [0.2, 0.25) is 0 Å². The van der Waals surface area contributed by atoms with E-state index in [4.69, 9.17) is 15.7 Å². The van der Waals surface area contributed by atoms with E-state index in [9.17, 15) is 9.59 Å². The fourth-order valence-corrected chi connectivity index (χ4v) is 2.25. The molecule has 22 heavy (non-hydrogen) atoms. The Bertz CT molecular complexity index is 489. The number of hydrogen-bond acceptors (Lipinski definition) is 5. The van der Waals surface area contributed by atoms with Crippen molar-refractivity contribution in [3.63, 3.8) is 0 Å². The van der Waals surface area contributed by atoms with Crippen LogP contribution in [0.1, 0.15) is 45.4 Å². The molecule has 0 spiro atoms. The number of carbonyl (C=O) groups excluding carboxylic acids is 1. The molecule has 0 saturated carbocycles. The summed E-state index contributed by atoms with van der Waals surface area (Å²) in [5.74, 6) is 5.84. The van der Waals surface area contributed by atoms with Crippen LogP contribution in [0.25, 0.3) is 0 Å². The lowest BCUT2D eigenvalue weighted by molar-refractivity contribution is -0.134. The van der Waals surface area contributed by atoms with Crippen molar-refractivity contribution in [3.8, 4) is 0 Å². The summed E-state index contributed by atoms with van der Waals surface area (Å²) in [6.07, 6.45) is 8.36. The molecule has 0 saturated heterocycles. The standard InChI is InChI=1S/C16H23NO5/c1-2-3-4-5-6-7-10-21-14-9-8-12(16(19)20)15(22-17)13(14)11-18/h8-9,15H,2-7,10,17H2,1H3,(H,19,20). The van der Waals surface area contributed by atoms with Crippen molar-refractivity contribution in [1.29, 1.82) is 0 Å². The van der Waals surface area contributed by atoms with Gasteiger partial charge in [0.25, 0.3) is 0 Å². The Balaban J connectivity index is 2.55. The number of unbranched alkanes of at least 4 members (excludes halogenated alkanes) is 5. The molecule has 0 aromatic rings. The molecule has 0 heterocycles. The van der Waals surface area contributed by atoms with Gasteiger partial charge in [-0.1, -0.05) is 39.0 Å². The molecule has 3 N–H and O–H groups in total. The smallest absolute Gasteiger partial charge is 0.334 e. The minimum absolute atomic E-state index is 0.0200. The largest absolute Gasteiger partial charge is 0.492 e. The third kappa shape index (κ3) is 5.15. The Kier molecular flexibility index (Phi) is 8.22. The van der Waals surface area contributed by atoms with Crippen molar-refractivity contribution >= 4 is 11.9 Å². The van der Waals surface area contributed by atoms with Crippen LogP contribution in [-0.4, -0.2) is 29.7 Å². The summed E-state index contributed by atoms with van der Waals surface area (Å²) in [7, 11) is 0. The summed E-state index contributed by atoms with van der Waals surface area (Å²) >= 11 is 0. The van der Waals surface area contributed by atoms with Crippen molar-refractivity contribution in [2.75, 3.05) is 6.61 Å². The second-order valence-corrected chi connectivity index (χ2v) is 5.11. The molecule has 1 unspecified atom stereocenters. The van der Waals surface area contributed by atoms with Gasteiger partial charge in [0.15, 0.2) is 0 Å². The van der Waals surface area contributed by atoms with Crippen LogP contribution in [0, 0.1) is 0 Å². The monoisotopic (exact) mass is 309 g/mol. The van der Waals surface area contributed by atoms with Crippen molar-refractivity contribution in [2.45, 2.75) is 51.6 Å². The average molecular weight is 309 g/mol. The number of carboxylic acids is 1. The van der Waals surface area contributed by atoms with Gasteiger partial charge in [-0.2, -0.15) is 0 Å². The molecule has 0 aliphatic heterocycles. The molecule has 0 aromatic carbocycles. The lowest BCUT2D eigenvalue weighted by Gasteiger charge is -2.21. The third-order valence-corrected chi connectivity index (χ3v) is 3.47. The molecular formula is C16H23NO5. The summed E-state index contributed by atoms with van der Waals surface area (Å²) in [6.45, 7) is 2.62. The second kappa shape index (κ2) is 9.95. The highest BCUT2D eigenvalue weighted by Crippen LogP contribution is 2.26. The average Bonchev–Trinajstić information content (AvgIpc) is 2.52. The number of rotatable bonds is 10. The molecule has 1 rings (SSSR count). The summed E-state index contributed by atoms with van der Waals surface area (Å²) in [5, 5.41) is 9.04. The maximum absolute atomic E-state index is 11.1. The fourth-order valence-electron chi connectivity index (χ4n) is 2.25. The molecule has 0 bridgehead atoms. The van der Waals surface area contributed by atoms with E-state index in [-0.39, 0.29) is 16.9 Å². The summed E-state index contributed by atoms with van der Waals surface area (Å²) in [5.41, 5.74) is -0.138. The molecule has 1 aliphatic carbocycles. The van der Waals surface area contributed by atoms with E-state index in [0.717, 1.165) is 19.3 Å². The molecular weight excluding hydrogens is 286 g/mol. The zero-order valence-electron chi connectivity index (χ0n) is 12.8. The minimum atomic E-state index is -1.20. The van der Waals surface area contributed by atoms with Crippen molar-refractivity contribution < 1.29 is 24.3 Å². The van der Waals surface area contributed by atoms with Crippen LogP contribution in [0.4, 0.5) is 0 Å². The Hall–Kier alpha value is -1.88. The number of carbonyl (C=O) groups is 1. The van der Waals surface area contributed by atoms with E-state index < -0.39 is 12.1 Å². The van der Waals surface area contributed by atoms with Gasteiger partial charge < -0.3 is 9.84 Å². The highest BCUT2D eigenvalue weighted by atomic mass is 16.6. The summed E-state index contributed by atoms with van der Waals surface area (Å²) < 4.78 is 5.54. The van der Waals surface area contributed by atoms with E-state index >= 15 is 0 Å². The first-order chi connectivity index (χ1) is 10.7. The predicted octanol–water partition coefficient (Wildman–Crippen LogP) is 2.29. The third-order valence-electron chi connectivity index (χ3n) is 3.47. The van der Waals surface area contributed by atoms with E-state index in [0.29, 0.717) is 6.61 Å². The van der Waals surface area contributed by atoms with Crippen LogP contribution in [-0.2, 0) is 19.2 Å². The summed E-state index contributed by atoms with van der Waals surface area (Å²) in [6, 6.07) is 0. The first-order valence-electron chi connectivity index (χ1n) is 7.54. The number of carboxylic acid groups (broad SMARTS) is 1. The van der Waals surface area contributed by atoms with Crippen LogP contribution in [0.5, 0.6) is 0 Å². The van der Waals surface area contributed by atoms with Crippen LogP contribution in [0.15, 0.2) is 29.1 Å². The highest BCUT2D eigenvalue weighted by molar-refractivity contribution is 5.91. The van der Waals surface area contributed by atoms with Crippen LogP contribution >= 0.6 is 0 Å². The number of hydrogen-bond donors (Lipinski definition) is 2. The molecule has 1 atom stereocenters.